The molecule has 2 aromatic heterocycles. The topological polar surface area (TPSA) is 62.7 Å². The monoisotopic (exact) mass is 243 g/mol. The molecule has 0 fully saturated rings. The van der Waals surface area contributed by atoms with Crippen LogP contribution in [0.1, 0.15) is 18.3 Å². The molecule has 0 saturated carbocycles. The molecule has 0 aliphatic carbocycles. The second-order valence-electron chi connectivity index (χ2n) is 3.87. The SMILES string of the molecule is CCc1nc(NC)cc(NCc2ccncc2)n1. The molecular formula is C13H17N5. The number of anilines is 2. The molecule has 18 heavy (non-hydrogen) atoms. The van der Waals surface area contributed by atoms with Gasteiger partial charge in [0.15, 0.2) is 0 Å². The van der Waals surface area contributed by atoms with E-state index in [1.54, 1.807) is 12.4 Å². The highest BCUT2D eigenvalue weighted by atomic mass is 15.1. The maximum Gasteiger partial charge on any atom is 0.132 e. The van der Waals surface area contributed by atoms with Crippen LogP contribution in [0.5, 0.6) is 0 Å². The Morgan fingerprint density at radius 1 is 1.11 bits per heavy atom. The number of hydrogen-bond donors (Lipinski definition) is 2. The second-order valence-corrected chi connectivity index (χ2v) is 3.87. The largest absolute Gasteiger partial charge is 0.373 e. The first-order valence-corrected chi connectivity index (χ1v) is 6.00. The third kappa shape index (κ3) is 3.16. The van der Waals surface area contributed by atoms with Crippen LogP contribution in [-0.2, 0) is 13.0 Å². The van der Waals surface area contributed by atoms with Gasteiger partial charge in [0, 0.05) is 38.5 Å². The van der Waals surface area contributed by atoms with Crippen molar-refractivity contribution in [2.45, 2.75) is 19.9 Å². The first-order valence-electron chi connectivity index (χ1n) is 6.00. The minimum Gasteiger partial charge on any atom is -0.373 e. The van der Waals surface area contributed by atoms with Gasteiger partial charge in [-0.25, -0.2) is 9.97 Å². The molecule has 0 spiro atoms. The van der Waals surface area contributed by atoms with Crippen LogP contribution in [0.4, 0.5) is 11.6 Å². The van der Waals surface area contributed by atoms with Gasteiger partial charge in [0.2, 0.25) is 0 Å². The van der Waals surface area contributed by atoms with Crippen molar-refractivity contribution in [3.05, 3.63) is 42.0 Å². The third-order valence-electron chi connectivity index (χ3n) is 2.57. The van der Waals surface area contributed by atoms with E-state index in [4.69, 9.17) is 0 Å². The lowest BCUT2D eigenvalue weighted by Crippen LogP contribution is -2.06. The fraction of sp³-hybridized carbons (Fsp3) is 0.308. The summed E-state index contributed by atoms with van der Waals surface area (Å²) >= 11 is 0. The lowest BCUT2D eigenvalue weighted by atomic mass is 10.3. The van der Waals surface area contributed by atoms with E-state index in [2.05, 4.69) is 25.6 Å². The van der Waals surface area contributed by atoms with Crippen molar-refractivity contribution < 1.29 is 0 Å². The normalized spacial score (nSPS) is 10.1. The Labute approximate surface area is 107 Å². The zero-order valence-corrected chi connectivity index (χ0v) is 10.6. The maximum absolute atomic E-state index is 4.44. The van der Waals surface area contributed by atoms with Gasteiger partial charge in [0.25, 0.3) is 0 Å². The van der Waals surface area contributed by atoms with E-state index in [0.29, 0.717) is 0 Å². The average Bonchev–Trinajstić information content (AvgIpc) is 2.45. The summed E-state index contributed by atoms with van der Waals surface area (Å²) in [5, 5.41) is 6.33. The summed E-state index contributed by atoms with van der Waals surface area (Å²) in [6.45, 7) is 2.77. The first kappa shape index (κ1) is 12.3. The van der Waals surface area contributed by atoms with E-state index in [0.717, 1.165) is 30.4 Å². The lowest BCUT2D eigenvalue weighted by Gasteiger charge is -2.09. The van der Waals surface area contributed by atoms with Crippen LogP contribution in [0.15, 0.2) is 30.6 Å². The van der Waals surface area contributed by atoms with Gasteiger partial charge in [0.05, 0.1) is 0 Å². The fourth-order valence-corrected chi connectivity index (χ4v) is 1.57. The highest BCUT2D eigenvalue weighted by Crippen LogP contribution is 2.12. The van der Waals surface area contributed by atoms with Crippen molar-refractivity contribution in [1.82, 2.24) is 15.0 Å². The van der Waals surface area contributed by atoms with Gasteiger partial charge in [0.1, 0.15) is 17.5 Å². The van der Waals surface area contributed by atoms with E-state index in [1.807, 2.05) is 32.2 Å². The molecular weight excluding hydrogens is 226 g/mol. The predicted molar refractivity (Wildman–Crippen MR) is 72.5 cm³/mol. The number of pyridine rings is 1. The molecule has 2 rings (SSSR count). The summed E-state index contributed by atoms with van der Waals surface area (Å²) in [6.07, 6.45) is 4.39. The van der Waals surface area contributed by atoms with Crippen LogP contribution < -0.4 is 10.6 Å². The smallest absolute Gasteiger partial charge is 0.132 e. The zero-order chi connectivity index (χ0) is 12.8. The van der Waals surface area contributed by atoms with Crippen LogP contribution in [0.2, 0.25) is 0 Å². The predicted octanol–water partition coefficient (Wildman–Crippen LogP) is 2.09. The minimum absolute atomic E-state index is 0.728. The number of nitrogens with one attached hydrogen (secondary N) is 2. The average molecular weight is 243 g/mol. The Hall–Kier alpha value is -2.17. The summed E-state index contributed by atoms with van der Waals surface area (Å²) in [4.78, 5) is 12.8. The molecule has 0 unspecified atom stereocenters. The van der Waals surface area contributed by atoms with Crippen molar-refractivity contribution >= 4 is 11.6 Å². The van der Waals surface area contributed by atoms with E-state index in [9.17, 15) is 0 Å². The molecule has 0 aromatic carbocycles. The molecule has 0 radical (unpaired) electrons. The molecule has 94 valence electrons. The van der Waals surface area contributed by atoms with Crippen molar-refractivity contribution in [3.8, 4) is 0 Å². The van der Waals surface area contributed by atoms with E-state index in [1.165, 1.54) is 5.56 Å². The summed E-state index contributed by atoms with van der Waals surface area (Å²) in [5.74, 6) is 2.50. The standard InChI is InChI=1S/C13H17N5/c1-3-11-17-12(14-2)8-13(18-11)16-9-10-4-6-15-7-5-10/h4-8H,3,9H2,1-2H3,(H2,14,16,17,18). The number of aryl methyl sites for hydroxylation is 1. The third-order valence-corrected chi connectivity index (χ3v) is 2.57. The number of hydrogen-bond acceptors (Lipinski definition) is 5. The molecule has 0 atom stereocenters. The Morgan fingerprint density at radius 2 is 1.83 bits per heavy atom. The van der Waals surface area contributed by atoms with E-state index >= 15 is 0 Å². The summed E-state index contributed by atoms with van der Waals surface area (Å²) in [7, 11) is 1.86. The van der Waals surface area contributed by atoms with Gasteiger partial charge in [-0.2, -0.15) is 0 Å². The van der Waals surface area contributed by atoms with Crippen molar-refractivity contribution in [3.63, 3.8) is 0 Å². The molecule has 2 N–H and O–H groups in total. The van der Waals surface area contributed by atoms with Crippen LogP contribution in [-0.4, -0.2) is 22.0 Å². The van der Waals surface area contributed by atoms with Gasteiger partial charge in [-0.3, -0.25) is 4.98 Å². The maximum atomic E-state index is 4.44. The van der Waals surface area contributed by atoms with Gasteiger partial charge >= 0.3 is 0 Å². The minimum atomic E-state index is 0.728. The van der Waals surface area contributed by atoms with E-state index in [-0.39, 0.29) is 0 Å². The Morgan fingerprint density at radius 3 is 2.50 bits per heavy atom. The fourth-order valence-electron chi connectivity index (χ4n) is 1.57. The highest BCUT2D eigenvalue weighted by Gasteiger charge is 2.02. The van der Waals surface area contributed by atoms with E-state index < -0.39 is 0 Å². The first-order chi connectivity index (χ1) is 8.81. The van der Waals surface area contributed by atoms with Crippen molar-refractivity contribution in [2.75, 3.05) is 17.7 Å². The van der Waals surface area contributed by atoms with Gasteiger partial charge in [-0.05, 0) is 17.7 Å². The number of nitrogens with zero attached hydrogens (tertiary/aromatic N) is 3. The van der Waals surface area contributed by atoms with Crippen LogP contribution in [0.3, 0.4) is 0 Å². The molecule has 2 heterocycles. The quantitative estimate of drug-likeness (QED) is 0.842. The Balaban J connectivity index is 2.09. The Bertz CT molecular complexity index is 476. The van der Waals surface area contributed by atoms with Gasteiger partial charge < -0.3 is 10.6 Å². The number of rotatable bonds is 5. The zero-order valence-electron chi connectivity index (χ0n) is 10.6. The second kappa shape index (κ2) is 5.95. The molecule has 5 nitrogen and oxygen atoms in total. The summed E-state index contributed by atoms with van der Waals surface area (Å²) in [6, 6.07) is 5.86. The Kier molecular flexibility index (Phi) is 4.06. The van der Waals surface area contributed by atoms with Crippen molar-refractivity contribution in [2.24, 2.45) is 0 Å². The van der Waals surface area contributed by atoms with Crippen LogP contribution >= 0.6 is 0 Å². The summed E-state index contributed by atoms with van der Waals surface area (Å²) in [5.41, 5.74) is 1.17. The van der Waals surface area contributed by atoms with Crippen LogP contribution in [0, 0.1) is 0 Å². The van der Waals surface area contributed by atoms with Crippen molar-refractivity contribution in [1.29, 1.82) is 0 Å². The van der Waals surface area contributed by atoms with Crippen LogP contribution in [0.25, 0.3) is 0 Å². The molecule has 0 amide bonds. The molecule has 0 aliphatic heterocycles. The highest BCUT2D eigenvalue weighted by molar-refractivity contribution is 5.47. The van der Waals surface area contributed by atoms with Gasteiger partial charge in [-0.15, -0.1) is 0 Å². The molecule has 0 saturated heterocycles. The summed E-state index contributed by atoms with van der Waals surface area (Å²) < 4.78 is 0. The molecule has 5 heteroatoms. The molecule has 0 bridgehead atoms. The molecule has 2 aromatic rings. The van der Waals surface area contributed by atoms with Gasteiger partial charge in [-0.1, -0.05) is 6.92 Å². The lowest BCUT2D eigenvalue weighted by molar-refractivity contribution is 0.934. The number of aromatic nitrogens is 3. The molecule has 0 aliphatic rings.